The highest BCUT2D eigenvalue weighted by Gasteiger charge is 2.14. The Balaban J connectivity index is 1.56. The van der Waals surface area contributed by atoms with E-state index in [4.69, 9.17) is 9.72 Å². The standard InChI is InChI=1S/C26H26N4O2/c1-30(2)23-16-25(29-22-12-8-7-11-20(22)23)28-19-13-14-21(24(15-19)32-3)26(31)27-17-18-9-5-4-6-10-18/h4-16H,17H2,1-3H3,(H,27,31)(H,28,29). The molecule has 4 rings (SSSR count). The maximum atomic E-state index is 12.7. The summed E-state index contributed by atoms with van der Waals surface area (Å²) in [6.07, 6.45) is 0. The minimum absolute atomic E-state index is 0.184. The van der Waals surface area contributed by atoms with Crippen molar-refractivity contribution in [2.45, 2.75) is 6.54 Å². The van der Waals surface area contributed by atoms with E-state index in [1.165, 1.54) is 0 Å². The van der Waals surface area contributed by atoms with Crippen molar-refractivity contribution in [3.05, 3.63) is 90.0 Å². The molecule has 1 amide bonds. The van der Waals surface area contributed by atoms with Gasteiger partial charge < -0.3 is 20.3 Å². The number of pyridine rings is 1. The lowest BCUT2D eigenvalue weighted by molar-refractivity contribution is 0.0948. The Kier molecular flexibility index (Phi) is 6.22. The second-order valence-corrected chi connectivity index (χ2v) is 7.65. The van der Waals surface area contributed by atoms with Crippen LogP contribution in [0.2, 0.25) is 0 Å². The number of hydrogen-bond donors (Lipinski definition) is 2. The first kappa shape index (κ1) is 21.2. The minimum Gasteiger partial charge on any atom is -0.496 e. The van der Waals surface area contributed by atoms with E-state index in [2.05, 4.69) is 21.6 Å². The number of hydrogen-bond acceptors (Lipinski definition) is 5. The molecular formula is C26H26N4O2. The van der Waals surface area contributed by atoms with E-state index < -0.39 is 0 Å². The Labute approximate surface area is 187 Å². The maximum absolute atomic E-state index is 12.7. The fraction of sp³-hybridized carbons (Fsp3) is 0.154. The van der Waals surface area contributed by atoms with E-state index in [0.717, 1.165) is 33.7 Å². The molecule has 0 aliphatic heterocycles. The third-order valence-electron chi connectivity index (χ3n) is 5.19. The molecule has 0 saturated heterocycles. The molecule has 162 valence electrons. The first-order valence-corrected chi connectivity index (χ1v) is 10.4. The predicted octanol–water partition coefficient (Wildman–Crippen LogP) is 4.98. The van der Waals surface area contributed by atoms with E-state index in [1.807, 2.05) is 80.8 Å². The normalized spacial score (nSPS) is 10.6. The van der Waals surface area contributed by atoms with E-state index in [-0.39, 0.29) is 5.91 Å². The van der Waals surface area contributed by atoms with Crippen molar-refractivity contribution >= 4 is 34.0 Å². The van der Waals surface area contributed by atoms with E-state index in [9.17, 15) is 4.79 Å². The molecule has 0 spiro atoms. The van der Waals surface area contributed by atoms with Crippen LogP contribution in [0.5, 0.6) is 5.75 Å². The number of ether oxygens (including phenoxy) is 1. The molecule has 6 heteroatoms. The van der Waals surface area contributed by atoms with Gasteiger partial charge in [0.2, 0.25) is 0 Å². The molecule has 0 atom stereocenters. The summed E-state index contributed by atoms with van der Waals surface area (Å²) >= 11 is 0. The summed E-state index contributed by atoms with van der Waals surface area (Å²) in [4.78, 5) is 19.5. The van der Waals surface area contributed by atoms with Crippen molar-refractivity contribution in [3.63, 3.8) is 0 Å². The Morgan fingerprint density at radius 3 is 2.47 bits per heavy atom. The third kappa shape index (κ3) is 4.64. The Morgan fingerprint density at radius 2 is 1.72 bits per heavy atom. The number of amides is 1. The van der Waals surface area contributed by atoms with Crippen LogP contribution in [0.25, 0.3) is 10.9 Å². The second-order valence-electron chi connectivity index (χ2n) is 7.65. The van der Waals surface area contributed by atoms with Gasteiger partial charge in [-0.3, -0.25) is 4.79 Å². The molecule has 0 radical (unpaired) electrons. The van der Waals surface area contributed by atoms with Gasteiger partial charge >= 0.3 is 0 Å². The van der Waals surface area contributed by atoms with E-state index >= 15 is 0 Å². The number of para-hydroxylation sites is 1. The number of methoxy groups -OCH3 is 1. The molecule has 2 N–H and O–H groups in total. The molecular weight excluding hydrogens is 400 g/mol. The van der Waals surface area contributed by atoms with Crippen LogP contribution >= 0.6 is 0 Å². The van der Waals surface area contributed by atoms with Gasteiger partial charge in [-0.25, -0.2) is 4.98 Å². The topological polar surface area (TPSA) is 66.5 Å². The first-order chi connectivity index (χ1) is 15.5. The van der Waals surface area contributed by atoms with Crippen molar-refractivity contribution in [1.82, 2.24) is 10.3 Å². The fourth-order valence-corrected chi connectivity index (χ4v) is 3.57. The van der Waals surface area contributed by atoms with Gasteiger partial charge in [0.05, 0.1) is 18.2 Å². The molecule has 32 heavy (non-hydrogen) atoms. The largest absolute Gasteiger partial charge is 0.496 e. The Hall–Kier alpha value is -4.06. The van der Waals surface area contributed by atoms with E-state index in [1.54, 1.807) is 13.2 Å². The molecule has 0 fully saturated rings. The quantitative estimate of drug-likeness (QED) is 0.436. The number of fused-ring (bicyclic) bond motifs is 1. The van der Waals surface area contributed by atoms with Gasteiger partial charge in [-0.05, 0) is 23.8 Å². The summed E-state index contributed by atoms with van der Waals surface area (Å²) in [6.45, 7) is 0.456. The maximum Gasteiger partial charge on any atom is 0.255 e. The van der Waals surface area contributed by atoms with Crippen LogP contribution in [0, 0.1) is 0 Å². The third-order valence-corrected chi connectivity index (χ3v) is 5.19. The van der Waals surface area contributed by atoms with Crippen LogP contribution in [0.15, 0.2) is 78.9 Å². The molecule has 1 aromatic heterocycles. The fourth-order valence-electron chi connectivity index (χ4n) is 3.57. The zero-order valence-corrected chi connectivity index (χ0v) is 18.4. The van der Waals surface area contributed by atoms with Crippen LogP contribution in [0.1, 0.15) is 15.9 Å². The number of carbonyl (C=O) groups excluding carboxylic acids is 1. The monoisotopic (exact) mass is 426 g/mol. The van der Waals surface area contributed by atoms with Crippen molar-refractivity contribution in [1.29, 1.82) is 0 Å². The van der Waals surface area contributed by atoms with Crippen LogP contribution < -0.4 is 20.3 Å². The van der Waals surface area contributed by atoms with Gasteiger partial charge in [-0.2, -0.15) is 0 Å². The predicted molar refractivity (Wildman–Crippen MR) is 130 cm³/mol. The zero-order valence-electron chi connectivity index (χ0n) is 18.4. The lowest BCUT2D eigenvalue weighted by Gasteiger charge is -2.18. The summed E-state index contributed by atoms with van der Waals surface area (Å²) in [5.74, 6) is 1.03. The minimum atomic E-state index is -0.184. The molecule has 0 aliphatic carbocycles. The molecule has 0 bridgehead atoms. The number of carbonyl (C=O) groups is 1. The van der Waals surface area contributed by atoms with Gasteiger partial charge in [0.1, 0.15) is 11.6 Å². The summed E-state index contributed by atoms with van der Waals surface area (Å²) in [7, 11) is 5.58. The average Bonchev–Trinajstić information content (AvgIpc) is 2.82. The summed E-state index contributed by atoms with van der Waals surface area (Å²) in [5.41, 5.74) is 4.28. The molecule has 1 heterocycles. The Morgan fingerprint density at radius 1 is 0.969 bits per heavy atom. The highest BCUT2D eigenvalue weighted by Crippen LogP contribution is 2.30. The van der Waals surface area contributed by atoms with Gasteiger partial charge in [0, 0.05) is 49.5 Å². The molecule has 3 aromatic carbocycles. The highest BCUT2D eigenvalue weighted by atomic mass is 16.5. The van der Waals surface area contributed by atoms with Crippen LogP contribution in [0.4, 0.5) is 17.2 Å². The number of nitrogens with zero attached hydrogens (tertiary/aromatic N) is 2. The van der Waals surface area contributed by atoms with Crippen molar-refractivity contribution in [2.24, 2.45) is 0 Å². The van der Waals surface area contributed by atoms with Crippen LogP contribution in [-0.2, 0) is 6.54 Å². The second kappa shape index (κ2) is 9.39. The number of benzene rings is 3. The molecule has 6 nitrogen and oxygen atoms in total. The molecule has 0 unspecified atom stereocenters. The number of anilines is 3. The lowest BCUT2D eigenvalue weighted by atomic mass is 10.1. The summed E-state index contributed by atoms with van der Waals surface area (Å²) < 4.78 is 5.50. The SMILES string of the molecule is COc1cc(Nc2cc(N(C)C)c3ccccc3n2)ccc1C(=O)NCc1ccccc1. The Bertz CT molecular complexity index is 1240. The summed E-state index contributed by atoms with van der Waals surface area (Å²) in [5, 5.41) is 7.37. The van der Waals surface area contributed by atoms with Crippen molar-refractivity contribution in [2.75, 3.05) is 31.4 Å². The zero-order chi connectivity index (χ0) is 22.5. The molecule has 4 aromatic rings. The van der Waals surface area contributed by atoms with Crippen molar-refractivity contribution in [3.8, 4) is 5.75 Å². The summed E-state index contributed by atoms with van der Waals surface area (Å²) in [6, 6.07) is 25.3. The van der Waals surface area contributed by atoms with Gasteiger partial charge in [0.15, 0.2) is 0 Å². The van der Waals surface area contributed by atoms with E-state index in [0.29, 0.717) is 17.9 Å². The molecule has 0 saturated carbocycles. The number of aromatic nitrogens is 1. The van der Waals surface area contributed by atoms with Gasteiger partial charge in [-0.1, -0.05) is 48.5 Å². The van der Waals surface area contributed by atoms with Gasteiger partial charge in [-0.15, -0.1) is 0 Å². The molecule has 0 aliphatic rings. The highest BCUT2D eigenvalue weighted by molar-refractivity contribution is 5.98. The first-order valence-electron chi connectivity index (χ1n) is 10.4. The number of rotatable bonds is 7. The average molecular weight is 427 g/mol. The smallest absolute Gasteiger partial charge is 0.255 e. The van der Waals surface area contributed by atoms with Crippen LogP contribution in [0.3, 0.4) is 0 Å². The van der Waals surface area contributed by atoms with Crippen LogP contribution in [-0.4, -0.2) is 32.1 Å². The van der Waals surface area contributed by atoms with Crippen molar-refractivity contribution < 1.29 is 9.53 Å². The van der Waals surface area contributed by atoms with Gasteiger partial charge in [0.25, 0.3) is 5.91 Å². The number of nitrogens with one attached hydrogen (secondary N) is 2. The lowest BCUT2D eigenvalue weighted by Crippen LogP contribution is -2.23.